The quantitative estimate of drug-likeness (QED) is 0.827. The lowest BCUT2D eigenvalue weighted by atomic mass is 9.95. The average molecular weight is 359 g/mol. The van der Waals surface area contributed by atoms with E-state index in [2.05, 4.69) is 10.3 Å². The van der Waals surface area contributed by atoms with E-state index in [-0.39, 0.29) is 24.7 Å². The molecule has 0 spiro atoms. The van der Waals surface area contributed by atoms with Crippen LogP contribution in [0.25, 0.3) is 10.6 Å². The zero-order chi connectivity index (χ0) is 17.4. The van der Waals surface area contributed by atoms with Crippen molar-refractivity contribution in [2.75, 3.05) is 13.3 Å². The first-order valence-corrected chi connectivity index (χ1v) is 9.31. The fourth-order valence-electron chi connectivity index (χ4n) is 3.12. The summed E-state index contributed by atoms with van der Waals surface area (Å²) < 4.78 is 10.7. The molecule has 7 heteroatoms. The van der Waals surface area contributed by atoms with Gasteiger partial charge in [0.25, 0.3) is 0 Å². The first-order valence-electron chi connectivity index (χ1n) is 8.43. The Balaban J connectivity index is 1.43. The molecule has 0 bridgehead atoms. The third kappa shape index (κ3) is 3.34. The van der Waals surface area contributed by atoms with Crippen LogP contribution in [-0.4, -0.2) is 29.8 Å². The van der Waals surface area contributed by atoms with Crippen molar-refractivity contribution in [3.8, 4) is 22.1 Å². The van der Waals surface area contributed by atoms with Gasteiger partial charge >= 0.3 is 0 Å². The molecule has 1 atom stereocenters. The van der Waals surface area contributed by atoms with E-state index in [1.54, 1.807) is 0 Å². The number of hydrogen-bond donors (Lipinski definition) is 2. The minimum absolute atomic E-state index is 0.0256. The van der Waals surface area contributed by atoms with Gasteiger partial charge in [0.1, 0.15) is 5.01 Å². The van der Waals surface area contributed by atoms with Crippen molar-refractivity contribution in [1.82, 2.24) is 10.3 Å². The van der Waals surface area contributed by atoms with Crippen LogP contribution in [0.1, 0.15) is 25.5 Å². The number of aromatic nitrogens is 1. The number of carbonyl (C=O) groups is 1. The first-order chi connectivity index (χ1) is 12.1. The second-order valence-electron chi connectivity index (χ2n) is 6.83. The Kier molecular flexibility index (Phi) is 4.13. The molecule has 2 aliphatic rings. The molecule has 1 aromatic carbocycles. The van der Waals surface area contributed by atoms with Crippen molar-refractivity contribution in [2.45, 2.75) is 31.7 Å². The zero-order valence-corrected chi connectivity index (χ0v) is 14.9. The van der Waals surface area contributed by atoms with Crippen molar-refractivity contribution in [3.05, 3.63) is 29.3 Å². The summed E-state index contributed by atoms with van der Waals surface area (Å²) in [5.41, 5.74) is 7.30. The zero-order valence-electron chi connectivity index (χ0n) is 14.1. The first kappa shape index (κ1) is 16.4. The number of carbonyl (C=O) groups excluding carboxylic acids is 1. The van der Waals surface area contributed by atoms with Crippen molar-refractivity contribution in [1.29, 1.82) is 0 Å². The number of rotatable bonds is 6. The molecular formula is C18H21N3O3S. The molecule has 1 amide bonds. The van der Waals surface area contributed by atoms with Crippen LogP contribution in [0.2, 0.25) is 0 Å². The summed E-state index contributed by atoms with van der Waals surface area (Å²) in [4.78, 5) is 17.0. The van der Waals surface area contributed by atoms with Gasteiger partial charge in [-0.3, -0.25) is 4.79 Å². The molecule has 2 aromatic rings. The van der Waals surface area contributed by atoms with Gasteiger partial charge in [0.15, 0.2) is 11.5 Å². The Morgan fingerprint density at radius 3 is 2.96 bits per heavy atom. The molecule has 1 aliphatic carbocycles. The highest BCUT2D eigenvalue weighted by atomic mass is 32.1. The van der Waals surface area contributed by atoms with Crippen LogP contribution >= 0.6 is 11.3 Å². The van der Waals surface area contributed by atoms with Crippen LogP contribution in [0, 0.1) is 5.92 Å². The van der Waals surface area contributed by atoms with Gasteiger partial charge in [-0.1, -0.05) is 0 Å². The normalized spacial score (nSPS) is 18.0. The maximum absolute atomic E-state index is 12.4. The van der Waals surface area contributed by atoms with Gasteiger partial charge in [0.2, 0.25) is 12.7 Å². The van der Waals surface area contributed by atoms with Crippen molar-refractivity contribution in [2.24, 2.45) is 11.7 Å². The van der Waals surface area contributed by atoms with Gasteiger partial charge in [-0.15, -0.1) is 11.3 Å². The second-order valence-corrected chi connectivity index (χ2v) is 7.69. The molecule has 1 unspecified atom stereocenters. The Morgan fingerprint density at radius 2 is 2.20 bits per heavy atom. The molecule has 132 valence electrons. The highest BCUT2D eigenvalue weighted by Crippen LogP contribution is 2.39. The molecule has 0 radical (unpaired) electrons. The molecule has 3 N–H and O–H groups in total. The summed E-state index contributed by atoms with van der Waals surface area (Å²) >= 11 is 1.52. The van der Waals surface area contributed by atoms with Gasteiger partial charge in [0, 0.05) is 17.5 Å². The van der Waals surface area contributed by atoms with Crippen molar-refractivity contribution < 1.29 is 14.3 Å². The summed E-state index contributed by atoms with van der Waals surface area (Å²) in [6.45, 7) is 2.74. The highest BCUT2D eigenvalue weighted by molar-refractivity contribution is 7.13. The van der Waals surface area contributed by atoms with Gasteiger partial charge in [-0.05, 0) is 43.9 Å². The predicted molar refractivity (Wildman–Crippen MR) is 95.7 cm³/mol. The maximum atomic E-state index is 12.4. The third-order valence-corrected chi connectivity index (χ3v) is 5.78. The Labute approximate surface area is 150 Å². The SMILES string of the molecule is CC(CN)(NC(=O)Cc1csc(-c2ccc3c(c2)OCO3)n1)C1CC1. The summed E-state index contributed by atoms with van der Waals surface area (Å²) in [6, 6.07) is 5.76. The van der Waals surface area contributed by atoms with Crippen LogP contribution in [0.15, 0.2) is 23.6 Å². The summed E-state index contributed by atoms with van der Waals surface area (Å²) in [5.74, 6) is 1.96. The highest BCUT2D eigenvalue weighted by Gasteiger charge is 2.41. The number of thiazole rings is 1. The molecule has 25 heavy (non-hydrogen) atoms. The lowest BCUT2D eigenvalue weighted by Crippen LogP contribution is -2.53. The lowest BCUT2D eigenvalue weighted by Gasteiger charge is -2.29. The smallest absolute Gasteiger partial charge is 0.231 e. The van der Waals surface area contributed by atoms with Crippen molar-refractivity contribution >= 4 is 17.2 Å². The van der Waals surface area contributed by atoms with E-state index in [0.29, 0.717) is 12.5 Å². The summed E-state index contributed by atoms with van der Waals surface area (Å²) in [6.07, 6.45) is 2.54. The number of nitrogens with zero attached hydrogens (tertiary/aromatic N) is 1. The average Bonchev–Trinajstić information content (AvgIpc) is 3.20. The number of amides is 1. The van der Waals surface area contributed by atoms with E-state index in [1.807, 2.05) is 30.5 Å². The van der Waals surface area contributed by atoms with Crippen LogP contribution in [0.4, 0.5) is 0 Å². The molecule has 1 aromatic heterocycles. The van der Waals surface area contributed by atoms with Gasteiger partial charge in [-0.2, -0.15) is 0 Å². The Bertz CT molecular complexity index is 803. The maximum Gasteiger partial charge on any atom is 0.231 e. The summed E-state index contributed by atoms with van der Waals surface area (Å²) in [5, 5.41) is 5.89. The number of benzene rings is 1. The fourth-order valence-corrected chi connectivity index (χ4v) is 3.93. The van der Waals surface area contributed by atoms with E-state index in [4.69, 9.17) is 15.2 Å². The predicted octanol–water partition coefficient (Wildman–Crippen LogP) is 2.32. The number of hydrogen-bond acceptors (Lipinski definition) is 6. The molecule has 2 heterocycles. The number of fused-ring (bicyclic) bond motifs is 1. The second kappa shape index (κ2) is 6.31. The molecule has 1 fully saturated rings. The van der Waals surface area contributed by atoms with Crippen LogP contribution in [0.3, 0.4) is 0 Å². The third-order valence-electron chi connectivity index (χ3n) is 4.84. The van der Waals surface area contributed by atoms with Crippen LogP contribution < -0.4 is 20.5 Å². The van der Waals surface area contributed by atoms with Crippen LogP contribution in [0.5, 0.6) is 11.5 Å². The Morgan fingerprint density at radius 1 is 1.40 bits per heavy atom. The topological polar surface area (TPSA) is 86.5 Å². The minimum atomic E-state index is -0.298. The van der Waals surface area contributed by atoms with Gasteiger partial charge in [-0.25, -0.2) is 4.98 Å². The van der Waals surface area contributed by atoms with E-state index in [0.717, 1.165) is 40.6 Å². The van der Waals surface area contributed by atoms with E-state index < -0.39 is 0 Å². The molecule has 1 aliphatic heterocycles. The standard InChI is InChI=1S/C18H21N3O3S/c1-18(9-19,12-3-4-12)21-16(22)7-13-8-25-17(20-13)11-2-5-14-15(6-11)24-10-23-14/h2,5-6,8,12H,3-4,7,9-10,19H2,1H3,(H,21,22). The van der Waals surface area contributed by atoms with E-state index in [9.17, 15) is 4.79 Å². The number of ether oxygens (including phenoxy) is 2. The molecule has 1 saturated carbocycles. The summed E-state index contributed by atoms with van der Waals surface area (Å²) in [7, 11) is 0. The van der Waals surface area contributed by atoms with E-state index >= 15 is 0 Å². The van der Waals surface area contributed by atoms with Crippen LogP contribution in [-0.2, 0) is 11.2 Å². The monoisotopic (exact) mass is 359 g/mol. The minimum Gasteiger partial charge on any atom is -0.454 e. The van der Waals surface area contributed by atoms with Crippen molar-refractivity contribution in [3.63, 3.8) is 0 Å². The van der Waals surface area contributed by atoms with Gasteiger partial charge < -0.3 is 20.5 Å². The molecular weight excluding hydrogens is 338 g/mol. The molecule has 6 nitrogen and oxygen atoms in total. The number of nitrogens with one attached hydrogen (secondary N) is 1. The molecule has 4 rings (SSSR count). The lowest BCUT2D eigenvalue weighted by molar-refractivity contribution is -0.122. The largest absolute Gasteiger partial charge is 0.454 e. The number of nitrogens with two attached hydrogens (primary N) is 1. The molecule has 0 saturated heterocycles. The Hall–Kier alpha value is -2.12. The fraction of sp³-hybridized carbons (Fsp3) is 0.444. The van der Waals surface area contributed by atoms with Gasteiger partial charge in [0.05, 0.1) is 17.7 Å². The van der Waals surface area contributed by atoms with E-state index in [1.165, 1.54) is 11.3 Å².